The number of carboxylic acid groups (broad SMARTS) is 1. The third-order valence-corrected chi connectivity index (χ3v) is 6.56. The van der Waals surface area contributed by atoms with Crippen LogP contribution in [-0.4, -0.2) is 54.2 Å². The number of fused-ring (bicyclic) bond motifs is 3. The van der Waals surface area contributed by atoms with Crippen molar-refractivity contribution in [2.75, 3.05) is 13.2 Å². The number of benzene rings is 2. The first-order valence-electron chi connectivity index (χ1n) is 11.8. The second-order valence-electron chi connectivity index (χ2n) is 9.00. The monoisotopic (exact) mass is 479 g/mol. The molecule has 0 bridgehead atoms. The van der Waals surface area contributed by atoms with Gasteiger partial charge in [-0.25, -0.2) is 4.79 Å². The number of carbonyl (C=O) groups excluding carboxylic acids is 3. The Morgan fingerprint density at radius 2 is 1.71 bits per heavy atom. The summed E-state index contributed by atoms with van der Waals surface area (Å²) in [7, 11) is 0. The number of hydrogen-bond acceptors (Lipinski definition) is 5. The number of alkyl carbamates (subject to hydrolysis) is 1. The van der Waals surface area contributed by atoms with Crippen molar-refractivity contribution >= 4 is 23.9 Å². The molecule has 2 aromatic rings. The van der Waals surface area contributed by atoms with Crippen molar-refractivity contribution in [3.05, 3.63) is 59.7 Å². The number of amides is 3. The number of nitrogens with one attached hydrogen (secondary N) is 3. The van der Waals surface area contributed by atoms with Crippen molar-refractivity contribution < 1.29 is 29.0 Å². The lowest BCUT2D eigenvalue weighted by atomic mass is 9.98. The van der Waals surface area contributed by atoms with Gasteiger partial charge in [0.25, 0.3) is 0 Å². The Hall–Kier alpha value is -3.88. The van der Waals surface area contributed by atoms with E-state index >= 15 is 0 Å². The molecule has 1 heterocycles. The molecule has 3 amide bonds. The van der Waals surface area contributed by atoms with Crippen LogP contribution in [0.4, 0.5) is 4.79 Å². The maximum absolute atomic E-state index is 12.4. The van der Waals surface area contributed by atoms with Crippen LogP contribution < -0.4 is 16.0 Å². The quantitative estimate of drug-likeness (QED) is 0.436. The Bertz CT molecular complexity index is 1090. The summed E-state index contributed by atoms with van der Waals surface area (Å²) in [4.78, 5) is 47.5. The van der Waals surface area contributed by atoms with E-state index in [4.69, 9.17) is 9.84 Å². The van der Waals surface area contributed by atoms with Gasteiger partial charge in [0.15, 0.2) is 0 Å². The smallest absolute Gasteiger partial charge is 0.407 e. The Balaban J connectivity index is 1.20. The van der Waals surface area contributed by atoms with Gasteiger partial charge in [-0.05, 0) is 42.0 Å². The summed E-state index contributed by atoms with van der Waals surface area (Å²) in [6.07, 6.45) is 0.586. The predicted octanol–water partition coefficient (Wildman–Crippen LogP) is 2.40. The van der Waals surface area contributed by atoms with Crippen molar-refractivity contribution in [3.63, 3.8) is 0 Å². The first-order valence-corrected chi connectivity index (χ1v) is 11.8. The molecule has 2 aromatic carbocycles. The van der Waals surface area contributed by atoms with E-state index in [9.17, 15) is 19.2 Å². The number of ether oxygens (including phenoxy) is 1. The van der Waals surface area contributed by atoms with Crippen LogP contribution in [0.3, 0.4) is 0 Å². The average Bonchev–Trinajstić information content (AvgIpc) is 3.35. The first kappa shape index (κ1) is 24.3. The van der Waals surface area contributed by atoms with E-state index in [2.05, 4.69) is 40.2 Å². The molecule has 0 saturated carbocycles. The van der Waals surface area contributed by atoms with Crippen LogP contribution >= 0.6 is 0 Å². The van der Waals surface area contributed by atoms with Crippen LogP contribution in [-0.2, 0) is 19.1 Å². The minimum atomic E-state index is -1.13. The molecular weight excluding hydrogens is 450 g/mol. The number of hydrogen-bond donors (Lipinski definition) is 4. The van der Waals surface area contributed by atoms with E-state index in [1.54, 1.807) is 0 Å². The highest BCUT2D eigenvalue weighted by atomic mass is 16.5. The second kappa shape index (κ2) is 10.6. The van der Waals surface area contributed by atoms with Gasteiger partial charge in [-0.2, -0.15) is 0 Å². The van der Waals surface area contributed by atoms with Crippen molar-refractivity contribution in [2.24, 2.45) is 5.92 Å². The van der Waals surface area contributed by atoms with Gasteiger partial charge in [0.05, 0.1) is 0 Å². The summed E-state index contributed by atoms with van der Waals surface area (Å²) >= 11 is 0. The van der Waals surface area contributed by atoms with Gasteiger partial charge in [0, 0.05) is 24.9 Å². The molecule has 0 radical (unpaired) electrons. The number of aliphatic carboxylic acids is 1. The van der Waals surface area contributed by atoms with Gasteiger partial charge in [-0.3, -0.25) is 14.4 Å². The highest BCUT2D eigenvalue weighted by Gasteiger charge is 2.40. The molecular formula is C26H29N3O6. The summed E-state index contributed by atoms with van der Waals surface area (Å²) in [6, 6.07) is 15.0. The SMILES string of the molecule is CC(CCCC(=O)NC1C(=O)NCC1C(=O)O)NC(=O)OCC1c2ccccc2-c2ccccc21. The van der Waals surface area contributed by atoms with E-state index in [-0.39, 0.29) is 31.5 Å². The zero-order chi connectivity index (χ0) is 24.9. The number of carboxylic acids is 1. The Morgan fingerprint density at radius 1 is 1.09 bits per heavy atom. The third kappa shape index (κ3) is 5.45. The zero-order valence-corrected chi connectivity index (χ0v) is 19.5. The first-order chi connectivity index (χ1) is 16.8. The highest BCUT2D eigenvalue weighted by molar-refractivity contribution is 5.94. The largest absolute Gasteiger partial charge is 0.481 e. The van der Waals surface area contributed by atoms with E-state index in [1.807, 2.05) is 31.2 Å². The van der Waals surface area contributed by atoms with Crippen LogP contribution in [0.5, 0.6) is 0 Å². The topological polar surface area (TPSA) is 134 Å². The van der Waals surface area contributed by atoms with Crippen LogP contribution in [0.1, 0.15) is 43.2 Å². The standard InChI is InChI=1S/C26H29N3O6/c1-15(7-6-12-22(30)29-23-20(25(32)33)13-27-24(23)31)28-26(34)35-14-21-18-10-4-2-8-16(18)17-9-3-5-11-19(17)21/h2-5,8-11,15,20-21,23H,6-7,12-14H2,1H3,(H,27,31)(H,28,34)(H,29,30)(H,32,33). The predicted molar refractivity (Wildman–Crippen MR) is 128 cm³/mol. The van der Waals surface area contributed by atoms with E-state index in [0.717, 1.165) is 22.3 Å². The van der Waals surface area contributed by atoms with Crippen LogP contribution in [0.25, 0.3) is 11.1 Å². The molecule has 9 nitrogen and oxygen atoms in total. The molecule has 1 fully saturated rings. The molecule has 4 rings (SSSR count). The molecule has 1 saturated heterocycles. The average molecular weight is 480 g/mol. The molecule has 3 unspecified atom stereocenters. The van der Waals surface area contributed by atoms with Gasteiger partial charge >= 0.3 is 12.1 Å². The van der Waals surface area contributed by atoms with Gasteiger partial charge in [-0.15, -0.1) is 0 Å². The molecule has 1 aliphatic carbocycles. The normalized spacial score (nSPS) is 19.3. The van der Waals surface area contributed by atoms with Crippen LogP contribution in [0.2, 0.25) is 0 Å². The fraction of sp³-hybridized carbons (Fsp3) is 0.385. The fourth-order valence-corrected chi connectivity index (χ4v) is 4.74. The maximum Gasteiger partial charge on any atom is 0.407 e. The summed E-state index contributed by atoms with van der Waals surface area (Å²) in [5.74, 6) is -3.01. The summed E-state index contributed by atoms with van der Waals surface area (Å²) in [5, 5.41) is 16.9. The number of carbonyl (C=O) groups is 4. The molecule has 184 valence electrons. The minimum Gasteiger partial charge on any atom is -0.481 e. The lowest BCUT2D eigenvalue weighted by molar-refractivity contribution is -0.143. The molecule has 9 heteroatoms. The highest BCUT2D eigenvalue weighted by Crippen LogP contribution is 2.44. The van der Waals surface area contributed by atoms with Gasteiger partial charge in [0.1, 0.15) is 18.6 Å². The Labute approximate surface area is 203 Å². The Morgan fingerprint density at radius 3 is 2.34 bits per heavy atom. The molecule has 4 N–H and O–H groups in total. The maximum atomic E-state index is 12.4. The van der Waals surface area contributed by atoms with Crippen molar-refractivity contribution in [1.82, 2.24) is 16.0 Å². The van der Waals surface area contributed by atoms with Gasteiger partial charge in [0.2, 0.25) is 11.8 Å². The van der Waals surface area contributed by atoms with E-state index < -0.39 is 35.8 Å². The summed E-state index contributed by atoms with van der Waals surface area (Å²) < 4.78 is 5.54. The molecule has 3 atom stereocenters. The molecule has 35 heavy (non-hydrogen) atoms. The van der Waals surface area contributed by atoms with Crippen LogP contribution in [0.15, 0.2) is 48.5 Å². The summed E-state index contributed by atoms with van der Waals surface area (Å²) in [6.45, 7) is 2.05. The van der Waals surface area contributed by atoms with Gasteiger partial charge < -0.3 is 25.8 Å². The van der Waals surface area contributed by atoms with Crippen LogP contribution in [0, 0.1) is 5.92 Å². The Kier molecular flexibility index (Phi) is 7.33. The number of rotatable bonds is 9. The molecule has 1 aliphatic heterocycles. The van der Waals surface area contributed by atoms with Crippen molar-refractivity contribution in [3.8, 4) is 11.1 Å². The zero-order valence-electron chi connectivity index (χ0n) is 19.5. The lowest BCUT2D eigenvalue weighted by Gasteiger charge is -2.18. The summed E-state index contributed by atoms with van der Waals surface area (Å²) in [5.41, 5.74) is 4.60. The molecule has 0 aromatic heterocycles. The van der Waals surface area contributed by atoms with E-state index in [0.29, 0.717) is 12.8 Å². The molecule has 2 aliphatic rings. The third-order valence-electron chi connectivity index (χ3n) is 6.56. The van der Waals surface area contributed by atoms with E-state index in [1.165, 1.54) is 0 Å². The fourth-order valence-electron chi connectivity index (χ4n) is 4.74. The second-order valence-corrected chi connectivity index (χ2v) is 9.00. The van der Waals surface area contributed by atoms with Crippen molar-refractivity contribution in [2.45, 2.75) is 44.2 Å². The molecule has 0 spiro atoms. The minimum absolute atomic E-state index is 0.000204. The van der Waals surface area contributed by atoms with Gasteiger partial charge in [-0.1, -0.05) is 48.5 Å². The van der Waals surface area contributed by atoms with Crippen molar-refractivity contribution in [1.29, 1.82) is 0 Å². The lowest BCUT2D eigenvalue weighted by Crippen LogP contribution is -2.45.